The fourth-order valence-corrected chi connectivity index (χ4v) is 8.01. The fraction of sp³-hybridized carbons (Fsp3) is 0.475. The lowest BCUT2D eigenvalue weighted by Gasteiger charge is -2.37. The van der Waals surface area contributed by atoms with Crippen LogP contribution >= 0.6 is 0 Å². The number of H-pyrrole nitrogens is 1. The van der Waals surface area contributed by atoms with Crippen molar-refractivity contribution in [2.75, 3.05) is 59.5 Å². The average Bonchev–Trinajstić information content (AvgIpc) is 3.68. The normalized spacial score (nSPS) is 18.9. The second-order valence-electron chi connectivity index (χ2n) is 14.8. The number of methoxy groups -OCH3 is 1. The minimum Gasteiger partial charge on any atom is -0.496 e. The summed E-state index contributed by atoms with van der Waals surface area (Å²) in [7, 11) is 3.17. The zero-order valence-electron chi connectivity index (χ0n) is 31.2. The lowest BCUT2D eigenvalue weighted by Crippen LogP contribution is -2.51. The molecule has 1 atom stereocenters. The molecular weight excluding hydrogens is 712 g/mol. The first-order valence-corrected chi connectivity index (χ1v) is 18.9. The van der Waals surface area contributed by atoms with Gasteiger partial charge in [-0.3, -0.25) is 39.4 Å². The zero-order chi connectivity index (χ0) is 38.6. The van der Waals surface area contributed by atoms with E-state index in [1.54, 1.807) is 31.6 Å². The number of aromatic amines is 1. The Balaban J connectivity index is 0.925. The number of rotatable bonds is 12. The van der Waals surface area contributed by atoms with Gasteiger partial charge in [0, 0.05) is 80.4 Å². The van der Waals surface area contributed by atoms with Gasteiger partial charge in [-0.1, -0.05) is 24.3 Å². The van der Waals surface area contributed by atoms with E-state index in [0.717, 1.165) is 31.5 Å². The molecule has 0 bridgehead atoms. The van der Waals surface area contributed by atoms with Crippen LogP contribution in [0, 0.1) is 5.92 Å². The van der Waals surface area contributed by atoms with Crippen LogP contribution in [-0.2, 0) is 34.4 Å². The molecule has 3 fully saturated rings. The van der Waals surface area contributed by atoms with E-state index in [9.17, 15) is 28.0 Å². The Labute approximate surface area is 317 Å². The van der Waals surface area contributed by atoms with E-state index in [4.69, 9.17) is 9.47 Å². The van der Waals surface area contributed by atoms with Gasteiger partial charge in [-0.15, -0.1) is 0 Å². The first-order valence-electron chi connectivity index (χ1n) is 18.9. The van der Waals surface area contributed by atoms with E-state index < -0.39 is 13.0 Å². The van der Waals surface area contributed by atoms with Crippen LogP contribution in [0.4, 0.5) is 8.78 Å². The predicted octanol–water partition coefficient (Wildman–Crippen LogP) is 3.70. The number of piperidine rings is 2. The Morgan fingerprint density at radius 3 is 2.38 bits per heavy atom. The Kier molecular flexibility index (Phi) is 11.6. The SMILES string of the molecule is COc1cc(CN2CCN(C(=O)CN3CCC(c4ccc(CC5CCC(=O)NC5=O)cc4)CC3)CC2)c(OCC(F)F)cc1-c1cn(C)c(=O)c2[nH]ncc12. The van der Waals surface area contributed by atoms with Crippen LogP contribution in [0.1, 0.15) is 48.3 Å². The summed E-state index contributed by atoms with van der Waals surface area (Å²) in [4.78, 5) is 56.0. The molecule has 3 aliphatic rings. The van der Waals surface area contributed by atoms with Crippen LogP contribution in [0.25, 0.3) is 22.0 Å². The number of aryl methyl sites for hydroxylation is 1. The number of nitrogens with one attached hydrogen (secondary N) is 2. The molecule has 0 saturated carbocycles. The summed E-state index contributed by atoms with van der Waals surface area (Å²) in [5.74, 6) is 0.765. The fourth-order valence-electron chi connectivity index (χ4n) is 8.01. The molecule has 3 amide bonds. The predicted molar refractivity (Wildman–Crippen MR) is 201 cm³/mol. The molecule has 292 valence electrons. The summed E-state index contributed by atoms with van der Waals surface area (Å²) in [6.45, 7) is 4.01. The van der Waals surface area contributed by atoms with Crippen LogP contribution in [0.2, 0.25) is 0 Å². The van der Waals surface area contributed by atoms with Crippen LogP contribution in [0.5, 0.6) is 11.5 Å². The Bertz CT molecular complexity index is 2090. The van der Waals surface area contributed by atoms with Gasteiger partial charge in [-0.05, 0) is 68.0 Å². The topological polar surface area (TPSA) is 142 Å². The van der Waals surface area contributed by atoms with Gasteiger partial charge in [0.1, 0.15) is 23.6 Å². The molecule has 5 heterocycles. The molecule has 3 aliphatic heterocycles. The van der Waals surface area contributed by atoms with E-state index in [1.807, 2.05) is 4.90 Å². The number of alkyl halides is 2. The van der Waals surface area contributed by atoms with Gasteiger partial charge in [0.15, 0.2) is 0 Å². The number of halogens is 2. The van der Waals surface area contributed by atoms with E-state index in [0.29, 0.717) is 104 Å². The van der Waals surface area contributed by atoms with Crippen molar-refractivity contribution in [3.8, 4) is 22.6 Å². The highest BCUT2D eigenvalue weighted by Gasteiger charge is 2.29. The third-order valence-electron chi connectivity index (χ3n) is 11.2. The summed E-state index contributed by atoms with van der Waals surface area (Å²) >= 11 is 0. The largest absolute Gasteiger partial charge is 0.496 e. The highest BCUT2D eigenvalue weighted by Crippen LogP contribution is 2.39. The molecule has 2 aromatic heterocycles. The molecule has 1 unspecified atom stereocenters. The number of hydrogen-bond acceptors (Lipinski definition) is 9. The number of pyridine rings is 1. The number of aromatic nitrogens is 3. The Hall–Kier alpha value is -5.15. The molecule has 3 saturated heterocycles. The van der Waals surface area contributed by atoms with Crippen molar-refractivity contribution in [3.63, 3.8) is 0 Å². The number of imide groups is 1. The summed E-state index contributed by atoms with van der Waals surface area (Å²) in [5, 5.41) is 9.80. The minimum absolute atomic E-state index is 0.103. The smallest absolute Gasteiger partial charge is 0.276 e. The number of ether oxygens (including phenoxy) is 2. The highest BCUT2D eigenvalue weighted by atomic mass is 19.3. The first-order chi connectivity index (χ1) is 26.6. The molecule has 0 radical (unpaired) electrons. The van der Waals surface area contributed by atoms with E-state index in [1.165, 1.54) is 17.2 Å². The first kappa shape index (κ1) is 38.1. The average molecular weight is 760 g/mol. The van der Waals surface area contributed by atoms with Crippen molar-refractivity contribution in [3.05, 3.63) is 75.8 Å². The standard InChI is InChI=1S/C40H47F2N7O6/c1-46-22-32(31-20-43-45-38(31)40(46)53)30-19-33(55-24-35(41)42)29(18-34(30)54-2)21-48-13-15-49(16-14-48)37(51)23-47-11-9-27(10-12-47)26-5-3-25(4-6-26)17-28-7-8-36(50)44-39(28)52/h3-6,18-20,22,27-28,35H,7-17,21,23-24H2,1-2H3,(H,43,45)(H,44,50,52). The molecule has 0 spiro atoms. The molecule has 4 aromatic rings. The monoisotopic (exact) mass is 759 g/mol. The number of hydrogen-bond donors (Lipinski definition) is 2. The third-order valence-corrected chi connectivity index (χ3v) is 11.2. The van der Waals surface area contributed by atoms with Gasteiger partial charge in [0.25, 0.3) is 12.0 Å². The third kappa shape index (κ3) is 8.73. The Morgan fingerprint density at radius 1 is 0.945 bits per heavy atom. The van der Waals surface area contributed by atoms with Crippen LogP contribution in [0.3, 0.4) is 0 Å². The van der Waals surface area contributed by atoms with Crippen molar-refractivity contribution in [2.24, 2.45) is 13.0 Å². The maximum absolute atomic E-state index is 13.4. The highest BCUT2D eigenvalue weighted by molar-refractivity contribution is 5.98. The van der Waals surface area contributed by atoms with E-state index >= 15 is 0 Å². The van der Waals surface area contributed by atoms with Gasteiger partial charge in [-0.25, -0.2) is 8.78 Å². The quantitative estimate of drug-likeness (QED) is 0.207. The van der Waals surface area contributed by atoms with Gasteiger partial charge in [0.05, 0.1) is 19.9 Å². The Morgan fingerprint density at radius 2 is 1.69 bits per heavy atom. The van der Waals surface area contributed by atoms with Crippen LogP contribution in [-0.4, -0.2) is 113 Å². The van der Waals surface area contributed by atoms with Gasteiger partial charge >= 0.3 is 0 Å². The second-order valence-corrected chi connectivity index (χ2v) is 14.8. The molecular formula is C40H47F2N7O6. The lowest BCUT2D eigenvalue weighted by atomic mass is 9.87. The summed E-state index contributed by atoms with van der Waals surface area (Å²) in [6.07, 6.45) is 4.08. The molecule has 15 heteroatoms. The lowest BCUT2D eigenvalue weighted by molar-refractivity contribution is -0.136. The number of carbonyl (C=O) groups excluding carboxylic acids is 3. The van der Waals surface area contributed by atoms with E-state index in [2.05, 4.69) is 49.6 Å². The number of piperazine rings is 1. The summed E-state index contributed by atoms with van der Waals surface area (Å²) in [6, 6.07) is 12.0. The summed E-state index contributed by atoms with van der Waals surface area (Å²) in [5.41, 5.74) is 4.35. The molecule has 0 aliphatic carbocycles. The number of fused-ring (bicyclic) bond motifs is 1. The van der Waals surface area contributed by atoms with Crippen molar-refractivity contribution >= 4 is 28.6 Å². The van der Waals surface area contributed by atoms with Gasteiger partial charge in [-0.2, -0.15) is 5.10 Å². The number of nitrogens with zero attached hydrogens (tertiary/aromatic N) is 5. The molecule has 55 heavy (non-hydrogen) atoms. The van der Waals surface area contributed by atoms with Crippen molar-refractivity contribution in [2.45, 2.75) is 51.0 Å². The molecule has 7 rings (SSSR count). The molecule has 2 N–H and O–H groups in total. The number of benzene rings is 2. The minimum atomic E-state index is -2.66. The second kappa shape index (κ2) is 16.7. The maximum atomic E-state index is 13.4. The summed E-state index contributed by atoms with van der Waals surface area (Å²) < 4.78 is 39.6. The number of amides is 3. The van der Waals surface area contributed by atoms with Gasteiger partial charge < -0.3 is 18.9 Å². The van der Waals surface area contributed by atoms with Crippen molar-refractivity contribution < 1.29 is 32.6 Å². The van der Waals surface area contributed by atoms with Crippen molar-refractivity contribution in [1.29, 1.82) is 0 Å². The number of carbonyl (C=O) groups is 3. The van der Waals surface area contributed by atoms with Crippen LogP contribution < -0.4 is 20.3 Å². The zero-order valence-corrected chi connectivity index (χ0v) is 31.2. The van der Waals surface area contributed by atoms with Crippen LogP contribution in [0.15, 0.2) is 53.6 Å². The number of likely N-dealkylation sites (tertiary alicyclic amines) is 1. The van der Waals surface area contributed by atoms with E-state index in [-0.39, 0.29) is 29.2 Å². The van der Waals surface area contributed by atoms with Crippen molar-refractivity contribution in [1.82, 2.24) is 34.8 Å². The maximum Gasteiger partial charge on any atom is 0.276 e. The molecule has 2 aromatic carbocycles. The molecule has 13 nitrogen and oxygen atoms in total. The van der Waals surface area contributed by atoms with Gasteiger partial charge in [0.2, 0.25) is 17.7 Å².